The average Bonchev–Trinajstić information content (AvgIpc) is 3.28. The second-order valence-corrected chi connectivity index (χ2v) is 8.78. The molecule has 2 aromatic carbocycles. The molecular weight excluding hydrogens is 366 g/mol. The summed E-state index contributed by atoms with van der Waals surface area (Å²) in [7, 11) is 0. The third kappa shape index (κ3) is 3.10. The van der Waals surface area contributed by atoms with E-state index in [4.69, 9.17) is 4.98 Å². The van der Waals surface area contributed by atoms with Crippen LogP contribution in [0.2, 0.25) is 0 Å². The molecule has 4 nitrogen and oxygen atoms in total. The number of imidazole rings is 1. The number of benzene rings is 2. The molecule has 0 aliphatic heterocycles. The van der Waals surface area contributed by atoms with E-state index in [2.05, 4.69) is 35.0 Å². The minimum absolute atomic E-state index is 0.0386. The predicted octanol–water partition coefficient (Wildman–Crippen LogP) is 5.52. The van der Waals surface area contributed by atoms with Crippen molar-refractivity contribution in [3.8, 4) is 11.3 Å². The van der Waals surface area contributed by atoms with Gasteiger partial charge in [0.15, 0.2) is 4.96 Å². The van der Waals surface area contributed by atoms with Gasteiger partial charge in [0.2, 0.25) is 0 Å². The van der Waals surface area contributed by atoms with Crippen molar-refractivity contribution in [2.24, 2.45) is 5.92 Å². The van der Waals surface area contributed by atoms with Gasteiger partial charge in [-0.3, -0.25) is 9.20 Å². The number of hydrogen-bond acceptors (Lipinski definition) is 3. The van der Waals surface area contributed by atoms with Crippen molar-refractivity contribution >= 4 is 32.4 Å². The zero-order chi connectivity index (χ0) is 19.1. The number of hydrogen-bond donors (Lipinski definition) is 1. The monoisotopic (exact) mass is 389 g/mol. The fourth-order valence-corrected chi connectivity index (χ4v) is 5.22. The number of fused-ring (bicyclic) bond motifs is 3. The third-order valence-corrected chi connectivity index (χ3v) is 6.87. The molecule has 1 amide bonds. The van der Waals surface area contributed by atoms with Gasteiger partial charge in [0.1, 0.15) is 0 Å². The molecule has 1 fully saturated rings. The Bertz CT molecular complexity index is 1140. The molecule has 0 radical (unpaired) electrons. The lowest BCUT2D eigenvalue weighted by Gasteiger charge is -2.29. The molecule has 4 aromatic rings. The molecule has 1 aliphatic rings. The molecule has 2 unspecified atom stereocenters. The van der Waals surface area contributed by atoms with Crippen LogP contribution in [0.25, 0.3) is 26.4 Å². The smallest absolute Gasteiger partial charge is 0.251 e. The summed E-state index contributed by atoms with van der Waals surface area (Å²) in [6.45, 7) is 2.24. The number of amides is 1. The van der Waals surface area contributed by atoms with Gasteiger partial charge in [0.25, 0.3) is 5.91 Å². The van der Waals surface area contributed by atoms with E-state index in [1.807, 2.05) is 36.4 Å². The first kappa shape index (κ1) is 17.4. The minimum atomic E-state index is 0.0386. The molecule has 1 saturated carbocycles. The second-order valence-electron chi connectivity index (χ2n) is 7.77. The van der Waals surface area contributed by atoms with E-state index in [9.17, 15) is 4.79 Å². The van der Waals surface area contributed by atoms with Gasteiger partial charge >= 0.3 is 0 Å². The molecule has 0 bridgehead atoms. The van der Waals surface area contributed by atoms with Gasteiger partial charge in [-0.2, -0.15) is 0 Å². The number of aromatic nitrogens is 2. The van der Waals surface area contributed by atoms with E-state index in [1.54, 1.807) is 11.3 Å². The van der Waals surface area contributed by atoms with E-state index < -0.39 is 0 Å². The topological polar surface area (TPSA) is 46.4 Å². The highest BCUT2D eigenvalue weighted by atomic mass is 32.1. The predicted molar refractivity (Wildman–Crippen MR) is 115 cm³/mol. The lowest BCUT2D eigenvalue weighted by Crippen LogP contribution is -2.41. The van der Waals surface area contributed by atoms with Crippen LogP contribution in [0, 0.1) is 5.92 Å². The number of carbonyl (C=O) groups is 1. The third-order valence-electron chi connectivity index (χ3n) is 5.85. The van der Waals surface area contributed by atoms with Gasteiger partial charge in [-0.15, -0.1) is 0 Å². The van der Waals surface area contributed by atoms with Gasteiger partial charge in [0.05, 0.1) is 15.9 Å². The molecule has 2 atom stereocenters. The molecule has 1 aliphatic carbocycles. The van der Waals surface area contributed by atoms with Crippen molar-refractivity contribution in [3.05, 3.63) is 60.3 Å². The van der Waals surface area contributed by atoms with Crippen LogP contribution in [0.1, 0.15) is 43.0 Å². The van der Waals surface area contributed by atoms with Crippen molar-refractivity contribution in [3.63, 3.8) is 0 Å². The van der Waals surface area contributed by atoms with Crippen molar-refractivity contribution in [1.29, 1.82) is 0 Å². The molecule has 2 heterocycles. The molecule has 1 N–H and O–H groups in total. The van der Waals surface area contributed by atoms with E-state index in [0.717, 1.165) is 38.4 Å². The minimum Gasteiger partial charge on any atom is -0.349 e. The number of thiazole rings is 1. The van der Waals surface area contributed by atoms with Gasteiger partial charge in [-0.25, -0.2) is 4.98 Å². The molecule has 28 heavy (non-hydrogen) atoms. The number of nitrogens with zero attached hydrogens (tertiary/aromatic N) is 2. The lowest BCUT2D eigenvalue weighted by molar-refractivity contribution is 0.0910. The summed E-state index contributed by atoms with van der Waals surface area (Å²) in [6, 6.07) is 16.5. The van der Waals surface area contributed by atoms with E-state index in [-0.39, 0.29) is 5.91 Å². The van der Waals surface area contributed by atoms with Crippen LogP contribution in [0.15, 0.2) is 54.7 Å². The van der Waals surface area contributed by atoms with Crippen molar-refractivity contribution < 1.29 is 4.79 Å². The lowest BCUT2D eigenvalue weighted by atomic mass is 9.86. The zero-order valence-electron chi connectivity index (χ0n) is 15.9. The Morgan fingerprint density at radius 3 is 2.79 bits per heavy atom. The first-order chi connectivity index (χ1) is 13.7. The number of carbonyl (C=O) groups excluding carboxylic acids is 1. The zero-order valence-corrected chi connectivity index (χ0v) is 16.7. The van der Waals surface area contributed by atoms with E-state index in [1.165, 1.54) is 19.3 Å². The Morgan fingerprint density at radius 1 is 1.14 bits per heavy atom. The van der Waals surface area contributed by atoms with Crippen LogP contribution in [-0.4, -0.2) is 21.3 Å². The highest BCUT2D eigenvalue weighted by Crippen LogP contribution is 2.30. The largest absolute Gasteiger partial charge is 0.349 e. The highest BCUT2D eigenvalue weighted by molar-refractivity contribution is 7.23. The summed E-state index contributed by atoms with van der Waals surface area (Å²) in [4.78, 5) is 18.5. The Kier molecular flexibility index (Phi) is 4.40. The SMILES string of the molecule is CC1CCCCC1NC(=O)c1ccc2c(c1)sc1nc(-c3ccccc3)cn12. The first-order valence-corrected chi connectivity index (χ1v) is 10.8. The molecule has 2 aromatic heterocycles. The Morgan fingerprint density at radius 2 is 1.96 bits per heavy atom. The van der Waals surface area contributed by atoms with Crippen LogP contribution in [-0.2, 0) is 0 Å². The van der Waals surface area contributed by atoms with E-state index >= 15 is 0 Å². The maximum absolute atomic E-state index is 12.8. The maximum atomic E-state index is 12.8. The van der Waals surface area contributed by atoms with E-state index in [0.29, 0.717) is 12.0 Å². The fraction of sp³-hybridized carbons (Fsp3) is 0.304. The summed E-state index contributed by atoms with van der Waals surface area (Å²) in [6.07, 6.45) is 6.85. The fourth-order valence-electron chi connectivity index (χ4n) is 4.17. The summed E-state index contributed by atoms with van der Waals surface area (Å²) in [5.74, 6) is 0.597. The van der Waals surface area contributed by atoms with Gasteiger partial charge in [0, 0.05) is 23.4 Å². The standard InChI is InChI=1S/C23H23N3OS/c1-15-7-5-6-10-18(15)24-22(27)17-11-12-20-21(13-17)28-23-25-19(14-26(20)23)16-8-3-2-4-9-16/h2-4,8-9,11-15,18H,5-7,10H2,1H3,(H,24,27). The Balaban J connectivity index is 1.44. The van der Waals surface area contributed by atoms with Crippen LogP contribution in [0.4, 0.5) is 0 Å². The van der Waals surface area contributed by atoms with Gasteiger partial charge < -0.3 is 5.32 Å². The maximum Gasteiger partial charge on any atom is 0.251 e. The quantitative estimate of drug-likeness (QED) is 0.501. The van der Waals surface area contributed by atoms with Gasteiger partial charge in [-0.05, 0) is 37.0 Å². The summed E-state index contributed by atoms with van der Waals surface area (Å²) < 4.78 is 3.21. The number of nitrogens with one attached hydrogen (secondary N) is 1. The average molecular weight is 390 g/mol. The van der Waals surface area contributed by atoms with Crippen LogP contribution in [0.5, 0.6) is 0 Å². The molecular formula is C23H23N3OS. The Labute approximate surface area is 168 Å². The van der Waals surface area contributed by atoms with Crippen LogP contribution < -0.4 is 5.32 Å². The number of rotatable bonds is 3. The normalized spacial score (nSPS) is 19.9. The molecule has 5 heteroatoms. The molecule has 0 spiro atoms. The summed E-state index contributed by atoms with van der Waals surface area (Å²) >= 11 is 1.63. The summed E-state index contributed by atoms with van der Waals surface area (Å²) in [5, 5.41) is 3.25. The summed E-state index contributed by atoms with van der Waals surface area (Å²) in [5.41, 5.74) is 3.92. The van der Waals surface area contributed by atoms with Crippen LogP contribution >= 0.6 is 11.3 Å². The van der Waals surface area contributed by atoms with Crippen molar-refractivity contribution in [2.75, 3.05) is 0 Å². The molecule has 5 rings (SSSR count). The Hall–Kier alpha value is -2.66. The first-order valence-electron chi connectivity index (χ1n) is 9.97. The highest BCUT2D eigenvalue weighted by Gasteiger charge is 2.23. The molecule has 142 valence electrons. The van der Waals surface area contributed by atoms with Gasteiger partial charge in [-0.1, -0.05) is 61.4 Å². The van der Waals surface area contributed by atoms with Crippen molar-refractivity contribution in [1.82, 2.24) is 14.7 Å². The second kappa shape index (κ2) is 7.06. The van der Waals surface area contributed by atoms with Crippen LogP contribution in [0.3, 0.4) is 0 Å². The van der Waals surface area contributed by atoms with Crippen molar-refractivity contribution in [2.45, 2.75) is 38.6 Å². The molecule has 0 saturated heterocycles.